The highest BCUT2D eigenvalue weighted by Gasteiger charge is 2.32. The van der Waals surface area contributed by atoms with Crippen LogP contribution in [0.1, 0.15) is 18.1 Å². The van der Waals surface area contributed by atoms with Gasteiger partial charge in [0.1, 0.15) is 5.82 Å². The summed E-state index contributed by atoms with van der Waals surface area (Å²) in [4.78, 5) is 1.81. The van der Waals surface area contributed by atoms with Crippen molar-refractivity contribution in [2.24, 2.45) is 0 Å². The summed E-state index contributed by atoms with van der Waals surface area (Å²) in [5.41, 5.74) is -0.867. The molecule has 7 heteroatoms. The Hall–Kier alpha value is -1.18. The summed E-state index contributed by atoms with van der Waals surface area (Å²) in [5, 5.41) is 9.09. The van der Waals surface area contributed by atoms with E-state index in [4.69, 9.17) is 9.84 Å². The van der Waals surface area contributed by atoms with Crippen LogP contribution in [0.2, 0.25) is 0 Å². The lowest BCUT2D eigenvalue weighted by Crippen LogP contribution is -2.48. The van der Waals surface area contributed by atoms with Crippen LogP contribution in [-0.2, 0) is 17.5 Å². The fourth-order valence-electron chi connectivity index (χ4n) is 2.30. The van der Waals surface area contributed by atoms with Crippen LogP contribution in [0.5, 0.6) is 0 Å². The molecule has 0 spiro atoms. The average Bonchev–Trinajstić information content (AvgIpc) is 2.42. The summed E-state index contributed by atoms with van der Waals surface area (Å²) in [5.74, 6) is -0.665. The first kappa shape index (κ1) is 16.2. The molecular weight excluding hydrogens is 290 g/mol. The number of aliphatic hydroxyl groups excluding tert-OH is 1. The smallest absolute Gasteiger partial charge is 0.394 e. The van der Waals surface area contributed by atoms with Crippen molar-refractivity contribution in [3.05, 3.63) is 35.1 Å². The van der Waals surface area contributed by atoms with Gasteiger partial charge in [-0.25, -0.2) is 4.39 Å². The molecule has 1 heterocycles. The van der Waals surface area contributed by atoms with Crippen LogP contribution in [0.4, 0.5) is 17.6 Å². The topological polar surface area (TPSA) is 32.7 Å². The summed E-state index contributed by atoms with van der Waals surface area (Å²) in [6.07, 6.45) is -4.89. The Morgan fingerprint density at radius 2 is 2.10 bits per heavy atom. The first-order valence-corrected chi connectivity index (χ1v) is 6.63. The molecule has 1 aliphatic rings. The molecule has 2 atom stereocenters. The molecule has 118 valence electrons. The third-order valence-corrected chi connectivity index (χ3v) is 3.58. The van der Waals surface area contributed by atoms with E-state index in [9.17, 15) is 17.6 Å². The quantitative estimate of drug-likeness (QED) is 0.871. The maximum absolute atomic E-state index is 13.7. The molecule has 1 saturated heterocycles. The van der Waals surface area contributed by atoms with Crippen molar-refractivity contribution in [1.29, 1.82) is 0 Å². The van der Waals surface area contributed by atoms with E-state index >= 15 is 0 Å². The molecule has 2 rings (SSSR count). The lowest BCUT2D eigenvalue weighted by Gasteiger charge is -2.37. The number of rotatable bonds is 3. The molecule has 0 bridgehead atoms. The maximum Gasteiger partial charge on any atom is 0.416 e. The van der Waals surface area contributed by atoms with E-state index in [-0.39, 0.29) is 24.8 Å². The first-order valence-electron chi connectivity index (χ1n) is 6.63. The highest BCUT2D eigenvalue weighted by molar-refractivity contribution is 5.27. The van der Waals surface area contributed by atoms with Crippen molar-refractivity contribution >= 4 is 0 Å². The van der Waals surface area contributed by atoms with Crippen LogP contribution in [-0.4, -0.2) is 41.9 Å². The van der Waals surface area contributed by atoms with Crippen molar-refractivity contribution in [3.8, 4) is 0 Å². The van der Waals surface area contributed by atoms with Gasteiger partial charge in [-0.3, -0.25) is 4.90 Å². The second-order valence-corrected chi connectivity index (χ2v) is 5.22. The van der Waals surface area contributed by atoms with Gasteiger partial charge >= 0.3 is 6.18 Å². The van der Waals surface area contributed by atoms with Gasteiger partial charge in [-0.15, -0.1) is 0 Å². The second-order valence-electron chi connectivity index (χ2n) is 5.22. The number of alkyl halides is 3. The molecule has 1 aromatic carbocycles. The molecule has 3 nitrogen and oxygen atoms in total. The maximum atomic E-state index is 13.7. The van der Waals surface area contributed by atoms with Crippen molar-refractivity contribution < 1.29 is 27.4 Å². The normalized spacial score (nSPS) is 24.3. The van der Waals surface area contributed by atoms with Gasteiger partial charge in [0.25, 0.3) is 0 Å². The number of halogens is 4. The van der Waals surface area contributed by atoms with Crippen molar-refractivity contribution in [2.45, 2.75) is 31.8 Å². The van der Waals surface area contributed by atoms with Crippen molar-refractivity contribution in [1.82, 2.24) is 4.90 Å². The average molecular weight is 307 g/mol. The molecule has 1 fully saturated rings. The number of aliphatic hydroxyl groups is 1. The number of ether oxygens (including phenoxy) is 1. The summed E-state index contributed by atoms with van der Waals surface area (Å²) >= 11 is 0. The van der Waals surface area contributed by atoms with Gasteiger partial charge in [0.05, 0.1) is 24.9 Å². The zero-order valence-electron chi connectivity index (χ0n) is 11.5. The minimum absolute atomic E-state index is 0.00438. The Morgan fingerprint density at radius 3 is 2.71 bits per heavy atom. The molecule has 0 unspecified atom stereocenters. The van der Waals surface area contributed by atoms with Crippen molar-refractivity contribution in [3.63, 3.8) is 0 Å². The van der Waals surface area contributed by atoms with E-state index in [2.05, 4.69) is 0 Å². The van der Waals surface area contributed by atoms with Gasteiger partial charge in [0, 0.05) is 24.7 Å². The van der Waals surface area contributed by atoms with E-state index in [1.165, 1.54) is 0 Å². The molecule has 1 N–H and O–H groups in total. The van der Waals surface area contributed by atoms with Crippen LogP contribution in [0, 0.1) is 5.82 Å². The van der Waals surface area contributed by atoms with Gasteiger partial charge in [0.15, 0.2) is 0 Å². The van der Waals surface area contributed by atoms with Crippen LogP contribution in [0.3, 0.4) is 0 Å². The molecule has 1 aliphatic heterocycles. The number of benzene rings is 1. The molecule has 0 amide bonds. The Labute approximate surface area is 120 Å². The molecule has 21 heavy (non-hydrogen) atoms. The minimum Gasteiger partial charge on any atom is -0.394 e. The fraction of sp³-hybridized carbons (Fsp3) is 0.571. The predicted molar refractivity (Wildman–Crippen MR) is 68.1 cm³/mol. The Morgan fingerprint density at radius 1 is 1.38 bits per heavy atom. The molecule has 0 radical (unpaired) electrons. The SMILES string of the molecule is C[C@H]1CO[C@H](CO)CN1Cc1cc(C(F)(F)F)ccc1F. The van der Waals surface area contributed by atoms with E-state index in [1.54, 1.807) is 0 Å². The van der Waals surface area contributed by atoms with Crippen LogP contribution >= 0.6 is 0 Å². The third kappa shape index (κ3) is 3.93. The van der Waals surface area contributed by atoms with Crippen molar-refractivity contribution in [2.75, 3.05) is 19.8 Å². The van der Waals surface area contributed by atoms with Gasteiger partial charge in [0.2, 0.25) is 0 Å². The van der Waals surface area contributed by atoms with E-state index in [0.717, 1.165) is 18.2 Å². The zero-order valence-corrected chi connectivity index (χ0v) is 11.5. The Kier molecular flexibility index (Phi) is 4.85. The third-order valence-electron chi connectivity index (χ3n) is 3.58. The Bertz CT molecular complexity index is 492. The van der Waals surface area contributed by atoms with E-state index < -0.39 is 23.7 Å². The highest BCUT2D eigenvalue weighted by Crippen LogP contribution is 2.31. The molecule has 0 saturated carbocycles. The molecule has 0 aromatic heterocycles. The number of morpholine rings is 1. The predicted octanol–water partition coefficient (Wildman–Crippen LogP) is 2.43. The monoisotopic (exact) mass is 307 g/mol. The van der Waals surface area contributed by atoms with Gasteiger partial charge in [-0.2, -0.15) is 13.2 Å². The zero-order chi connectivity index (χ0) is 15.6. The summed E-state index contributed by atoms with van der Waals surface area (Å²) < 4.78 is 57.1. The van der Waals surface area contributed by atoms with Crippen LogP contribution < -0.4 is 0 Å². The van der Waals surface area contributed by atoms with E-state index in [1.807, 2.05) is 11.8 Å². The largest absolute Gasteiger partial charge is 0.416 e. The van der Waals surface area contributed by atoms with Crippen LogP contribution in [0.25, 0.3) is 0 Å². The standard InChI is InChI=1S/C14H17F4NO2/c1-9-8-21-12(7-20)6-19(9)5-10-4-11(14(16,17)18)2-3-13(10)15/h2-4,9,12,20H,5-8H2,1H3/t9-,12-/m0/s1. The van der Waals surface area contributed by atoms with Gasteiger partial charge in [-0.05, 0) is 25.1 Å². The molecule has 1 aromatic rings. The molecule has 0 aliphatic carbocycles. The Balaban J connectivity index is 2.18. The lowest BCUT2D eigenvalue weighted by molar-refractivity contribution is -0.137. The summed E-state index contributed by atoms with van der Waals surface area (Å²) in [6, 6.07) is 2.36. The summed E-state index contributed by atoms with van der Waals surface area (Å²) in [6.45, 7) is 2.43. The minimum atomic E-state index is -4.49. The first-order chi connectivity index (χ1) is 9.81. The van der Waals surface area contributed by atoms with E-state index in [0.29, 0.717) is 13.2 Å². The van der Waals surface area contributed by atoms with Gasteiger partial charge in [-0.1, -0.05) is 0 Å². The highest BCUT2D eigenvalue weighted by atomic mass is 19.4. The molecular formula is C14H17F4NO2. The second kappa shape index (κ2) is 6.29. The number of hydrogen-bond acceptors (Lipinski definition) is 3. The fourth-order valence-corrected chi connectivity index (χ4v) is 2.30. The summed E-state index contributed by atoms with van der Waals surface area (Å²) in [7, 11) is 0. The lowest BCUT2D eigenvalue weighted by atomic mass is 10.1. The number of nitrogens with zero attached hydrogens (tertiary/aromatic N) is 1. The van der Waals surface area contributed by atoms with Gasteiger partial charge < -0.3 is 9.84 Å². The van der Waals surface area contributed by atoms with Crippen LogP contribution in [0.15, 0.2) is 18.2 Å². The number of hydrogen-bond donors (Lipinski definition) is 1.